The summed E-state index contributed by atoms with van der Waals surface area (Å²) in [6.45, 7) is 3.14. The molecule has 3 nitrogen and oxygen atoms in total. The fourth-order valence-corrected chi connectivity index (χ4v) is 3.54. The Hall–Kier alpha value is -1.06. The molecule has 1 fully saturated rings. The summed E-state index contributed by atoms with van der Waals surface area (Å²) in [5, 5.41) is 13.0. The number of rotatable bonds is 8. The monoisotopic (exact) mass is 291 g/mol. The second kappa shape index (κ2) is 7.81. The predicted octanol–water partition coefficient (Wildman–Crippen LogP) is 3.16. The van der Waals surface area contributed by atoms with Crippen molar-refractivity contribution >= 4 is 0 Å². The summed E-state index contributed by atoms with van der Waals surface area (Å²) in [5.74, 6) is 1.46. The third-order valence-electron chi connectivity index (χ3n) is 4.93. The van der Waals surface area contributed by atoms with Gasteiger partial charge in [-0.25, -0.2) is 0 Å². The molecule has 1 aliphatic carbocycles. The highest BCUT2D eigenvalue weighted by molar-refractivity contribution is 5.27. The number of hydrogen-bond donors (Lipinski definition) is 2. The Kier molecular flexibility index (Phi) is 6.07. The Balaban J connectivity index is 1.81. The number of likely N-dealkylation sites (N-methyl/N-ethyl adjacent to an activating group) is 1. The van der Waals surface area contributed by atoms with E-state index in [2.05, 4.69) is 36.5 Å². The minimum absolute atomic E-state index is 0.0889. The van der Waals surface area contributed by atoms with E-state index in [0.717, 1.165) is 31.6 Å². The normalized spacial score (nSPS) is 25.2. The van der Waals surface area contributed by atoms with E-state index < -0.39 is 0 Å². The van der Waals surface area contributed by atoms with Gasteiger partial charge in [-0.15, -0.1) is 0 Å². The van der Waals surface area contributed by atoms with Crippen LogP contribution in [0.25, 0.3) is 0 Å². The van der Waals surface area contributed by atoms with Crippen LogP contribution in [0, 0.1) is 5.92 Å². The van der Waals surface area contributed by atoms with Crippen molar-refractivity contribution in [1.29, 1.82) is 0 Å². The largest absolute Gasteiger partial charge is 0.494 e. The number of aryl methyl sites for hydroxylation is 1. The zero-order valence-corrected chi connectivity index (χ0v) is 13.4. The van der Waals surface area contributed by atoms with E-state index in [9.17, 15) is 5.11 Å². The number of aliphatic hydroxyl groups excluding tert-OH is 1. The summed E-state index contributed by atoms with van der Waals surface area (Å²) in [4.78, 5) is 0. The van der Waals surface area contributed by atoms with E-state index in [1.807, 2.05) is 7.05 Å². The first-order valence-corrected chi connectivity index (χ1v) is 8.25. The van der Waals surface area contributed by atoms with E-state index in [-0.39, 0.29) is 12.1 Å². The van der Waals surface area contributed by atoms with Crippen molar-refractivity contribution in [3.05, 3.63) is 29.8 Å². The van der Waals surface area contributed by atoms with Crippen LogP contribution in [0.4, 0.5) is 0 Å². The first-order chi connectivity index (χ1) is 10.2. The Morgan fingerprint density at radius 3 is 2.71 bits per heavy atom. The van der Waals surface area contributed by atoms with Gasteiger partial charge in [-0.1, -0.05) is 31.9 Å². The van der Waals surface area contributed by atoms with Crippen LogP contribution in [0.15, 0.2) is 24.3 Å². The Morgan fingerprint density at radius 2 is 2.10 bits per heavy atom. The second-order valence-corrected chi connectivity index (χ2v) is 6.18. The molecule has 0 radical (unpaired) electrons. The first-order valence-electron chi connectivity index (χ1n) is 8.25. The van der Waals surface area contributed by atoms with Crippen molar-refractivity contribution in [2.45, 2.75) is 51.0 Å². The summed E-state index contributed by atoms with van der Waals surface area (Å²) in [6, 6.07) is 8.44. The lowest BCUT2D eigenvalue weighted by Gasteiger charge is -2.33. The van der Waals surface area contributed by atoms with Gasteiger partial charge in [0.25, 0.3) is 0 Å². The molecule has 1 aliphatic rings. The average molecular weight is 291 g/mol. The molecule has 0 aliphatic heterocycles. The third-order valence-corrected chi connectivity index (χ3v) is 4.93. The van der Waals surface area contributed by atoms with Crippen LogP contribution in [0.2, 0.25) is 0 Å². The van der Waals surface area contributed by atoms with E-state index in [1.54, 1.807) is 0 Å². The van der Waals surface area contributed by atoms with Crippen LogP contribution < -0.4 is 10.1 Å². The maximum Gasteiger partial charge on any atom is 0.119 e. The average Bonchev–Trinajstić information content (AvgIpc) is 2.93. The third kappa shape index (κ3) is 3.98. The van der Waals surface area contributed by atoms with Crippen molar-refractivity contribution in [3.63, 3.8) is 0 Å². The van der Waals surface area contributed by atoms with Gasteiger partial charge in [0.2, 0.25) is 0 Å². The van der Waals surface area contributed by atoms with Gasteiger partial charge >= 0.3 is 0 Å². The number of hydrogen-bond acceptors (Lipinski definition) is 3. The molecule has 3 heteroatoms. The summed E-state index contributed by atoms with van der Waals surface area (Å²) in [7, 11) is 1.96. The molecule has 0 heterocycles. The number of benzene rings is 1. The molecule has 2 rings (SSSR count). The molecule has 21 heavy (non-hydrogen) atoms. The fourth-order valence-electron chi connectivity index (χ4n) is 3.54. The molecule has 1 aromatic carbocycles. The molecule has 0 aromatic heterocycles. The smallest absolute Gasteiger partial charge is 0.119 e. The van der Waals surface area contributed by atoms with E-state index in [0.29, 0.717) is 5.92 Å². The molecule has 0 saturated heterocycles. The van der Waals surface area contributed by atoms with Crippen molar-refractivity contribution in [3.8, 4) is 5.75 Å². The quantitative estimate of drug-likeness (QED) is 0.773. The fraction of sp³-hybridized carbons (Fsp3) is 0.667. The van der Waals surface area contributed by atoms with Gasteiger partial charge in [0.15, 0.2) is 0 Å². The van der Waals surface area contributed by atoms with Gasteiger partial charge in [0.1, 0.15) is 5.75 Å². The van der Waals surface area contributed by atoms with Gasteiger partial charge in [-0.05, 0) is 56.3 Å². The van der Waals surface area contributed by atoms with E-state index >= 15 is 0 Å². The van der Waals surface area contributed by atoms with Gasteiger partial charge in [0.05, 0.1) is 13.2 Å². The predicted molar refractivity (Wildman–Crippen MR) is 86.8 cm³/mol. The number of nitrogens with one attached hydrogen (secondary N) is 1. The Labute approximate surface area is 128 Å². The van der Waals surface area contributed by atoms with Crippen LogP contribution in [-0.4, -0.2) is 30.9 Å². The molecule has 0 amide bonds. The van der Waals surface area contributed by atoms with Gasteiger partial charge < -0.3 is 15.2 Å². The topological polar surface area (TPSA) is 41.5 Å². The van der Waals surface area contributed by atoms with Crippen LogP contribution in [0.3, 0.4) is 0 Å². The number of aliphatic hydroxyl groups is 1. The maximum absolute atomic E-state index is 9.68. The molecule has 0 spiro atoms. The molecule has 1 saturated carbocycles. The lowest BCUT2D eigenvalue weighted by Crippen LogP contribution is -2.49. The maximum atomic E-state index is 9.68. The summed E-state index contributed by atoms with van der Waals surface area (Å²) < 4.78 is 5.87. The molecule has 118 valence electrons. The first kappa shape index (κ1) is 16.3. The minimum atomic E-state index is -0.0889. The molecule has 2 unspecified atom stereocenters. The zero-order valence-electron chi connectivity index (χ0n) is 13.4. The lowest BCUT2D eigenvalue weighted by molar-refractivity contribution is 0.117. The lowest BCUT2D eigenvalue weighted by atomic mass is 9.86. The van der Waals surface area contributed by atoms with Gasteiger partial charge in [-0.3, -0.25) is 0 Å². The van der Waals surface area contributed by atoms with Crippen molar-refractivity contribution in [1.82, 2.24) is 5.32 Å². The van der Waals surface area contributed by atoms with Crippen molar-refractivity contribution in [2.24, 2.45) is 5.92 Å². The number of ether oxygens (including phenoxy) is 1. The van der Waals surface area contributed by atoms with Gasteiger partial charge in [0, 0.05) is 5.54 Å². The van der Waals surface area contributed by atoms with Crippen LogP contribution in [-0.2, 0) is 6.42 Å². The SMILES string of the molecule is CCCc1ccc(OCCC2CCCC2(CO)NC)cc1. The molecule has 2 atom stereocenters. The van der Waals surface area contributed by atoms with Crippen LogP contribution in [0.5, 0.6) is 5.75 Å². The van der Waals surface area contributed by atoms with Crippen LogP contribution >= 0.6 is 0 Å². The molecule has 1 aromatic rings. The molecular weight excluding hydrogens is 262 g/mol. The molecular formula is C18H29NO2. The highest BCUT2D eigenvalue weighted by Crippen LogP contribution is 2.37. The Bertz CT molecular complexity index is 412. The highest BCUT2D eigenvalue weighted by Gasteiger charge is 2.40. The molecule has 2 N–H and O–H groups in total. The summed E-state index contributed by atoms with van der Waals surface area (Å²) in [5.41, 5.74) is 1.28. The minimum Gasteiger partial charge on any atom is -0.494 e. The van der Waals surface area contributed by atoms with E-state index in [4.69, 9.17) is 4.74 Å². The zero-order chi connectivity index (χ0) is 15.1. The molecule has 0 bridgehead atoms. The Morgan fingerprint density at radius 1 is 1.33 bits per heavy atom. The van der Waals surface area contributed by atoms with Crippen LogP contribution in [0.1, 0.15) is 44.6 Å². The van der Waals surface area contributed by atoms with Crippen molar-refractivity contribution in [2.75, 3.05) is 20.3 Å². The highest BCUT2D eigenvalue weighted by atomic mass is 16.5. The summed E-state index contributed by atoms with van der Waals surface area (Å²) in [6.07, 6.45) is 6.74. The second-order valence-electron chi connectivity index (χ2n) is 6.18. The standard InChI is InChI=1S/C18H29NO2/c1-3-5-15-7-9-17(10-8-15)21-13-11-16-6-4-12-18(16,14-20)19-2/h7-10,16,19-20H,3-6,11-14H2,1-2H3. The summed E-state index contributed by atoms with van der Waals surface area (Å²) >= 11 is 0. The van der Waals surface area contributed by atoms with Gasteiger partial charge in [-0.2, -0.15) is 0 Å². The van der Waals surface area contributed by atoms with Crippen molar-refractivity contribution < 1.29 is 9.84 Å². The van der Waals surface area contributed by atoms with E-state index in [1.165, 1.54) is 24.8 Å².